The minimum atomic E-state index is -0.247. The molecular weight excluding hydrogens is 478 g/mol. The molecule has 1 saturated heterocycles. The van der Waals surface area contributed by atoms with Crippen molar-refractivity contribution in [3.05, 3.63) is 71.4 Å². The molecule has 0 spiro atoms. The maximum atomic E-state index is 12.6. The second kappa shape index (κ2) is 12.0. The lowest BCUT2D eigenvalue weighted by atomic mass is 10.1. The molecule has 0 aromatic carbocycles. The SMILES string of the molecule is Cc1c(NC(=O)NCCN2CCCCC2)cn2ncc(C#N)c(NC3=CCC(OC4=CCCC=C4)C=C3)c12. The molecule has 3 heterocycles. The highest BCUT2D eigenvalue weighted by molar-refractivity contribution is 5.94. The number of ether oxygens (including phenoxy) is 1. The summed E-state index contributed by atoms with van der Waals surface area (Å²) in [7, 11) is 0. The first-order chi connectivity index (χ1) is 18.6. The maximum absolute atomic E-state index is 12.6. The Hall–Kier alpha value is -4.03. The molecule has 1 aliphatic heterocycles. The number of hydrogen-bond donors (Lipinski definition) is 3. The molecule has 2 amide bonds. The molecule has 2 aliphatic carbocycles. The average molecular weight is 514 g/mol. The molecule has 0 saturated carbocycles. The van der Waals surface area contributed by atoms with Crippen LogP contribution in [0.2, 0.25) is 0 Å². The number of nitrogens with zero attached hydrogens (tertiary/aromatic N) is 4. The molecule has 38 heavy (non-hydrogen) atoms. The van der Waals surface area contributed by atoms with E-state index in [4.69, 9.17) is 4.74 Å². The number of anilines is 2. The van der Waals surface area contributed by atoms with Crippen LogP contribution in [0, 0.1) is 18.3 Å². The summed E-state index contributed by atoms with van der Waals surface area (Å²) in [5.74, 6) is 0.915. The molecule has 2 aromatic heterocycles. The third-order valence-corrected chi connectivity index (χ3v) is 7.17. The number of carbonyl (C=O) groups is 1. The molecule has 1 atom stereocenters. The zero-order valence-electron chi connectivity index (χ0n) is 21.9. The summed E-state index contributed by atoms with van der Waals surface area (Å²) in [4.78, 5) is 15.0. The van der Waals surface area contributed by atoms with Crippen LogP contribution in [0.15, 0.2) is 60.3 Å². The van der Waals surface area contributed by atoms with Gasteiger partial charge in [0.25, 0.3) is 0 Å². The Kier molecular flexibility index (Phi) is 8.09. The van der Waals surface area contributed by atoms with E-state index in [-0.39, 0.29) is 12.1 Å². The van der Waals surface area contributed by atoms with Crippen LogP contribution >= 0.6 is 0 Å². The highest BCUT2D eigenvalue weighted by atomic mass is 16.5. The molecular formula is C29H35N7O2. The molecule has 0 radical (unpaired) electrons. The van der Waals surface area contributed by atoms with Crippen LogP contribution < -0.4 is 16.0 Å². The van der Waals surface area contributed by atoms with Gasteiger partial charge in [-0.3, -0.25) is 0 Å². The van der Waals surface area contributed by atoms with E-state index in [1.54, 1.807) is 10.7 Å². The summed E-state index contributed by atoms with van der Waals surface area (Å²) in [6.45, 7) is 5.58. The predicted molar refractivity (Wildman–Crippen MR) is 149 cm³/mol. The highest BCUT2D eigenvalue weighted by Gasteiger charge is 2.19. The third kappa shape index (κ3) is 6.09. The predicted octanol–water partition coefficient (Wildman–Crippen LogP) is 5.00. The summed E-state index contributed by atoms with van der Waals surface area (Å²) in [6.07, 6.45) is 22.2. The van der Waals surface area contributed by atoms with Crippen molar-refractivity contribution in [3.63, 3.8) is 0 Å². The molecule has 5 rings (SSSR count). The first-order valence-corrected chi connectivity index (χ1v) is 13.5. The number of nitrogens with one attached hydrogen (secondary N) is 3. The lowest BCUT2D eigenvalue weighted by molar-refractivity contribution is 0.164. The number of aryl methyl sites for hydroxylation is 1. The Morgan fingerprint density at radius 3 is 2.82 bits per heavy atom. The normalized spacial score (nSPS) is 19.4. The first kappa shape index (κ1) is 25.6. The van der Waals surface area contributed by atoms with Gasteiger partial charge >= 0.3 is 6.03 Å². The standard InChI is InChI=1S/C29H35N7O2/c1-21-26(34-29(37)31-14-17-35-15-6-3-7-16-35)20-36-28(21)27(22(18-30)19-32-36)33-23-10-12-25(13-11-23)38-24-8-4-2-5-9-24/h4,8-12,19-20,25,33H,2-3,5-7,13-17H2,1H3,(H2,31,34,37). The molecule has 2 aromatic rings. The fraction of sp³-hybridized carbons (Fsp3) is 0.414. The van der Waals surface area contributed by atoms with Crippen molar-refractivity contribution in [3.8, 4) is 6.07 Å². The van der Waals surface area contributed by atoms with Gasteiger partial charge in [-0.2, -0.15) is 10.4 Å². The van der Waals surface area contributed by atoms with Gasteiger partial charge in [0.1, 0.15) is 17.9 Å². The average Bonchev–Trinajstić information content (AvgIpc) is 3.26. The second-order valence-corrected chi connectivity index (χ2v) is 9.91. The maximum Gasteiger partial charge on any atom is 0.319 e. The Balaban J connectivity index is 1.25. The summed E-state index contributed by atoms with van der Waals surface area (Å²) < 4.78 is 7.76. The number of piperidine rings is 1. The summed E-state index contributed by atoms with van der Waals surface area (Å²) in [5.41, 5.74) is 4.21. The van der Waals surface area contributed by atoms with Gasteiger partial charge in [0.2, 0.25) is 0 Å². The van der Waals surface area contributed by atoms with Crippen molar-refractivity contribution in [2.24, 2.45) is 0 Å². The Bertz CT molecular complexity index is 1340. The van der Waals surface area contributed by atoms with Crippen molar-refractivity contribution in [1.82, 2.24) is 19.8 Å². The number of carbonyl (C=O) groups excluding carboxylic acids is 1. The highest BCUT2D eigenvalue weighted by Crippen LogP contribution is 2.32. The minimum absolute atomic E-state index is 0.0262. The molecule has 3 aliphatic rings. The number of rotatable bonds is 8. The first-order valence-electron chi connectivity index (χ1n) is 13.5. The topological polar surface area (TPSA) is 107 Å². The van der Waals surface area contributed by atoms with Crippen LogP contribution in [-0.2, 0) is 4.74 Å². The quantitative estimate of drug-likeness (QED) is 0.459. The van der Waals surface area contributed by atoms with E-state index in [2.05, 4.69) is 50.2 Å². The second-order valence-electron chi connectivity index (χ2n) is 9.91. The minimum Gasteiger partial charge on any atom is -0.486 e. The number of fused-ring (bicyclic) bond motifs is 1. The summed E-state index contributed by atoms with van der Waals surface area (Å²) in [6, 6.07) is 2.00. The van der Waals surface area contributed by atoms with Crippen molar-refractivity contribution in [1.29, 1.82) is 5.26 Å². The molecule has 0 bridgehead atoms. The molecule has 1 unspecified atom stereocenters. The van der Waals surface area contributed by atoms with Crippen LogP contribution in [0.4, 0.5) is 16.2 Å². The van der Waals surface area contributed by atoms with Crippen molar-refractivity contribution in [2.45, 2.75) is 51.6 Å². The van der Waals surface area contributed by atoms with E-state index in [0.717, 1.165) is 61.4 Å². The lowest BCUT2D eigenvalue weighted by Crippen LogP contribution is -2.39. The van der Waals surface area contributed by atoms with Gasteiger partial charge < -0.3 is 25.6 Å². The fourth-order valence-electron chi connectivity index (χ4n) is 5.08. The van der Waals surface area contributed by atoms with Crippen LogP contribution in [0.5, 0.6) is 0 Å². The molecule has 1 fully saturated rings. The monoisotopic (exact) mass is 513 g/mol. The van der Waals surface area contributed by atoms with E-state index in [9.17, 15) is 10.1 Å². The van der Waals surface area contributed by atoms with E-state index in [1.807, 2.05) is 25.2 Å². The largest absolute Gasteiger partial charge is 0.486 e. The zero-order chi connectivity index (χ0) is 26.3. The van der Waals surface area contributed by atoms with Gasteiger partial charge in [0.15, 0.2) is 0 Å². The van der Waals surface area contributed by atoms with Crippen molar-refractivity contribution >= 4 is 22.9 Å². The number of hydrogen-bond acceptors (Lipinski definition) is 6. The molecule has 9 nitrogen and oxygen atoms in total. The Morgan fingerprint density at radius 1 is 1.21 bits per heavy atom. The molecule has 198 valence electrons. The number of likely N-dealkylation sites (tertiary alicyclic amines) is 1. The van der Waals surface area contributed by atoms with E-state index < -0.39 is 0 Å². The lowest BCUT2D eigenvalue weighted by Gasteiger charge is -2.26. The van der Waals surface area contributed by atoms with Gasteiger partial charge in [0.05, 0.1) is 34.8 Å². The van der Waals surface area contributed by atoms with Gasteiger partial charge in [-0.05, 0) is 70.0 Å². The van der Waals surface area contributed by atoms with Gasteiger partial charge in [-0.15, -0.1) is 0 Å². The van der Waals surface area contributed by atoms with Crippen LogP contribution in [-0.4, -0.2) is 52.8 Å². The van der Waals surface area contributed by atoms with E-state index in [0.29, 0.717) is 23.5 Å². The Labute approximate surface area is 223 Å². The van der Waals surface area contributed by atoms with Gasteiger partial charge in [-0.25, -0.2) is 9.31 Å². The van der Waals surface area contributed by atoms with Gasteiger partial charge in [-0.1, -0.05) is 18.6 Å². The van der Waals surface area contributed by atoms with Crippen LogP contribution in [0.3, 0.4) is 0 Å². The third-order valence-electron chi connectivity index (χ3n) is 7.17. The number of amides is 2. The van der Waals surface area contributed by atoms with Crippen LogP contribution in [0.25, 0.3) is 5.52 Å². The molecule has 3 N–H and O–H groups in total. The summed E-state index contributed by atoms with van der Waals surface area (Å²) in [5, 5.41) is 23.5. The number of urea groups is 1. The fourth-order valence-corrected chi connectivity index (χ4v) is 5.08. The molecule has 9 heteroatoms. The Morgan fingerprint density at radius 2 is 2.08 bits per heavy atom. The zero-order valence-corrected chi connectivity index (χ0v) is 21.9. The number of aromatic nitrogens is 2. The van der Waals surface area contributed by atoms with Crippen LogP contribution in [0.1, 0.15) is 49.7 Å². The van der Waals surface area contributed by atoms with Crippen molar-refractivity contribution in [2.75, 3.05) is 36.8 Å². The number of nitriles is 1. The van der Waals surface area contributed by atoms with E-state index >= 15 is 0 Å². The van der Waals surface area contributed by atoms with Crippen molar-refractivity contribution < 1.29 is 9.53 Å². The summed E-state index contributed by atoms with van der Waals surface area (Å²) >= 11 is 0. The van der Waals surface area contributed by atoms with E-state index in [1.165, 1.54) is 25.5 Å². The van der Waals surface area contributed by atoms with Gasteiger partial charge in [0, 0.05) is 30.8 Å². The smallest absolute Gasteiger partial charge is 0.319 e. The number of allylic oxidation sites excluding steroid dienone is 4.